The number of nitrogens with zero attached hydrogens (tertiary/aromatic N) is 2. The average molecular weight is 300 g/mol. The van der Waals surface area contributed by atoms with E-state index in [1.165, 1.54) is 0 Å². The molecule has 0 heterocycles. The van der Waals surface area contributed by atoms with Gasteiger partial charge in [0.05, 0.1) is 11.4 Å². The molecule has 0 radical (unpaired) electrons. The van der Waals surface area contributed by atoms with Crippen LogP contribution in [0.4, 0.5) is 11.4 Å². The number of para-hydroxylation sites is 2. The summed E-state index contributed by atoms with van der Waals surface area (Å²) in [4.78, 5) is 0. The predicted octanol–water partition coefficient (Wildman–Crippen LogP) is 1.80. The van der Waals surface area contributed by atoms with E-state index >= 15 is 0 Å². The summed E-state index contributed by atoms with van der Waals surface area (Å²) in [6.07, 6.45) is 0. The fraction of sp³-hybridized carbons (Fsp3) is 0. The summed E-state index contributed by atoms with van der Waals surface area (Å²) in [5.41, 5.74) is 10.6. The molecule has 2 rings (SSSR count). The molecule has 114 valence electrons. The molecule has 8 heteroatoms. The molecule has 8 nitrogen and oxygen atoms in total. The molecular formula is C14H16N6O2. The Balaban J connectivity index is 2.09. The van der Waals surface area contributed by atoms with Gasteiger partial charge in [0.2, 0.25) is 11.7 Å². The molecular weight excluding hydrogens is 284 g/mol. The first-order chi connectivity index (χ1) is 10.8. The third kappa shape index (κ3) is 4.47. The zero-order chi connectivity index (χ0) is 15.6. The first kappa shape index (κ1) is 15.3. The maximum atomic E-state index is 9.12. The number of hydroxylamine groups is 2. The summed E-state index contributed by atoms with van der Waals surface area (Å²) >= 11 is 0. The van der Waals surface area contributed by atoms with Gasteiger partial charge in [-0.25, -0.2) is 11.0 Å². The Kier molecular flexibility index (Phi) is 5.73. The second kappa shape index (κ2) is 8.25. The number of hydrogen-bond acceptors (Lipinski definition) is 6. The largest absolute Gasteiger partial charge is 0.290 e. The van der Waals surface area contributed by atoms with E-state index in [-0.39, 0.29) is 11.7 Å². The molecule has 0 amide bonds. The number of nitrogens with one attached hydrogen (secondary N) is 4. The fourth-order valence-corrected chi connectivity index (χ4v) is 1.53. The first-order valence-electron chi connectivity index (χ1n) is 6.41. The van der Waals surface area contributed by atoms with Crippen LogP contribution in [-0.2, 0) is 0 Å². The lowest BCUT2D eigenvalue weighted by Gasteiger charge is -2.08. The fourth-order valence-electron chi connectivity index (χ4n) is 1.53. The van der Waals surface area contributed by atoms with Crippen molar-refractivity contribution < 1.29 is 10.4 Å². The molecule has 0 atom stereocenters. The van der Waals surface area contributed by atoms with Gasteiger partial charge in [0.25, 0.3) is 0 Å². The predicted molar refractivity (Wildman–Crippen MR) is 84.8 cm³/mol. The number of benzene rings is 2. The van der Waals surface area contributed by atoms with Crippen LogP contribution in [0.25, 0.3) is 0 Å². The van der Waals surface area contributed by atoms with Gasteiger partial charge in [0.15, 0.2) is 0 Å². The van der Waals surface area contributed by atoms with Gasteiger partial charge in [-0.05, 0) is 24.3 Å². The molecule has 2 aromatic rings. The summed E-state index contributed by atoms with van der Waals surface area (Å²) in [5.74, 6) is -0.204. The van der Waals surface area contributed by atoms with Crippen molar-refractivity contribution in [1.82, 2.24) is 11.0 Å². The lowest BCUT2D eigenvalue weighted by molar-refractivity contribution is 0.223. The number of hydrogen-bond donors (Lipinski definition) is 6. The van der Waals surface area contributed by atoms with Crippen LogP contribution in [0.5, 0.6) is 0 Å². The van der Waals surface area contributed by atoms with E-state index < -0.39 is 0 Å². The number of rotatable bonds is 4. The van der Waals surface area contributed by atoms with Crippen molar-refractivity contribution in [1.29, 1.82) is 0 Å². The molecule has 0 aliphatic rings. The maximum Gasteiger partial charge on any atom is 0.216 e. The summed E-state index contributed by atoms with van der Waals surface area (Å²) in [6, 6.07) is 18.3. The lowest BCUT2D eigenvalue weighted by Crippen LogP contribution is -2.38. The topological polar surface area (TPSA) is 113 Å². The van der Waals surface area contributed by atoms with E-state index in [4.69, 9.17) is 10.4 Å². The normalized spacial score (nSPS) is 11.7. The van der Waals surface area contributed by atoms with Crippen LogP contribution < -0.4 is 21.8 Å². The molecule has 0 bridgehead atoms. The van der Waals surface area contributed by atoms with Gasteiger partial charge in [-0.3, -0.25) is 21.3 Å². The Labute approximate surface area is 127 Å². The third-order valence-electron chi connectivity index (χ3n) is 2.58. The van der Waals surface area contributed by atoms with E-state index in [0.717, 1.165) is 0 Å². The van der Waals surface area contributed by atoms with Gasteiger partial charge >= 0.3 is 0 Å². The van der Waals surface area contributed by atoms with Crippen LogP contribution in [-0.4, -0.2) is 22.1 Å². The summed E-state index contributed by atoms with van der Waals surface area (Å²) in [7, 11) is 0. The van der Waals surface area contributed by atoms with Crippen molar-refractivity contribution in [2.45, 2.75) is 0 Å². The lowest BCUT2D eigenvalue weighted by atomic mass is 10.3. The van der Waals surface area contributed by atoms with E-state index in [0.29, 0.717) is 11.4 Å². The van der Waals surface area contributed by atoms with E-state index in [2.05, 4.69) is 21.1 Å². The highest BCUT2D eigenvalue weighted by Gasteiger charge is 2.08. The quantitative estimate of drug-likeness (QED) is 0.291. The van der Waals surface area contributed by atoms with Crippen molar-refractivity contribution >= 4 is 23.0 Å². The van der Waals surface area contributed by atoms with Crippen LogP contribution in [0.2, 0.25) is 0 Å². The molecule has 22 heavy (non-hydrogen) atoms. The van der Waals surface area contributed by atoms with Gasteiger partial charge in [-0.15, -0.1) is 0 Å². The van der Waals surface area contributed by atoms with Crippen LogP contribution in [0.15, 0.2) is 70.9 Å². The molecule has 0 aliphatic carbocycles. The third-order valence-corrected chi connectivity index (χ3v) is 2.58. The molecule has 0 aliphatic heterocycles. The molecule has 0 spiro atoms. The Morgan fingerprint density at radius 3 is 1.32 bits per heavy atom. The standard InChI is InChI=1S/C14H16N6O2/c21-19-13(17-15-11-7-3-1-4-8-11)14(20-22)18-16-12-9-5-2-6-10-12/h1-10,15-16,21-22H,(H,17,19)(H,18,20). The van der Waals surface area contributed by atoms with E-state index in [9.17, 15) is 0 Å². The average Bonchev–Trinajstić information content (AvgIpc) is 2.59. The molecule has 2 aromatic carbocycles. The van der Waals surface area contributed by atoms with Crippen molar-refractivity contribution in [3.8, 4) is 0 Å². The number of anilines is 2. The van der Waals surface area contributed by atoms with Crippen LogP contribution in [0.1, 0.15) is 0 Å². The van der Waals surface area contributed by atoms with Gasteiger partial charge in [-0.2, -0.15) is 10.2 Å². The molecule has 6 N–H and O–H groups in total. The molecule has 0 saturated carbocycles. The van der Waals surface area contributed by atoms with E-state index in [1.807, 2.05) is 47.4 Å². The molecule has 0 saturated heterocycles. The number of hydrazone groups is 2. The smallest absolute Gasteiger partial charge is 0.216 e. The van der Waals surface area contributed by atoms with Crippen LogP contribution in [0, 0.1) is 0 Å². The highest BCUT2D eigenvalue weighted by molar-refractivity contribution is 6.39. The zero-order valence-corrected chi connectivity index (χ0v) is 11.6. The highest BCUT2D eigenvalue weighted by Crippen LogP contribution is 2.05. The summed E-state index contributed by atoms with van der Waals surface area (Å²) < 4.78 is 0. The second-order valence-electron chi connectivity index (χ2n) is 4.10. The Morgan fingerprint density at radius 2 is 1.00 bits per heavy atom. The highest BCUT2D eigenvalue weighted by atomic mass is 16.5. The van der Waals surface area contributed by atoms with Crippen molar-refractivity contribution in [2.24, 2.45) is 10.2 Å². The molecule has 0 unspecified atom stereocenters. The summed E-state index contributed by atoms with van der Waals surface area (Å²) in [6.45, 7) is 0. The number of amidine groups is 2. The maximum absolute atomic E-state index is 9.12. The van der Waals surface area contributed by atoms with Gasteiger partial charge < -0.3 is 0 Å². The summed E-state index contributed by atoms with van der Waals surface area (Å²) in [5, 5.41) is 26.1. The minimum atomic E-state index is -0.102. The van der Waals surface area contributed by atoms with Crippen LogP contribution in [0.3, 0.4) is 0 Å². The minimum Gasteiger partial charge on any atom is -0.290 e. The Bertz CT molecular complexity index is 573. The van der Waals surface area contributed by atoms with Crippen molar-refractivity contribution in [2.75, 3.05) is 10.9 Å². The van der Waals surface area contributed by atoms with E-state index in [1.54, 1.807) is 24.3 Å². The minimum absolute atomic E-state index is 0.102. The van der Waals surface area contributed by atoms with Gasteiger partial charge in [0, 0.05) is 0 Å². The molecule has 0 fully saturated rings. The first-order valence-corrected chi connectivity index (χ1v) is 6.41. The van der Waals surface area contributed by atoms with Gasteiger partial charge in [0.1, 0.15) is 0 Å². The Hall–Kier alpha value is -3.10. The van der Waals surface area contributed by atoms with Crippen molar-refractivity contribution in [3.05, 3.63) is 60.7 Å². The van der Waals surface area contributed by atoms with Crippen molar-refractivity contribution in [3.63, 3.8) is 0 Å². The zero-order valence-electron chi connectivity index (χ0n) is 11.6. The monoisotopic (exact) mass is 300 g/mol. The van der Waals surface area contributed by atoms with Crippen LogP contribution >= 0.6 is 0 Å². The Morgan fingerprint density at radius 1 is 0.636 bits per heavy atom. The second-order valence-corrected chi connectivity index (χ2v) is 4.10. The van der Waals surface area contributed by atoms with Gasteiger partial charge in [-0.1, -0.05) is 36.4 Å². The SMILES string of the molecule is ONC(=N\Nc1ccccc1)/C(=N/Nc1ccccc1)NO. The molecule has 0 aromatic heterocycles.